The van der Waals surface area contributed by atoms with Crippen LogP contribution in [0.15, 0.2) is 89.4 Å². The van der Waals surface area contributed by atoms with Crippen LogP contribution in [0.5, 0.6) is 0 Å². The highest BCUT2D eigenvalue weighted by Crippen LogP contribution is 2.38. The Morgan fingerprint density at radius 2 is 1.44 bits per heavy atom. The summed E-state index contributed by atoms with van der Waals surface area (Å²) in [5.41, 5.74) is 0.687. The van der Waals surface area contributed by atoms with E-state index in [1.165, 1.54) is 0 Å². The van der Waals surface area contributed by atoms with Gasteiger partial charge in [0.25, 0.3) is 14.2 Å². The molecule has 0 aliphatic carbocycles. The van der Waals surface area contributed by atoms with Gasteiger partial charge in [-0.15, -0.1) is 0 Å². The van der Waals surface area contributed by atoms with Crippen molar-refractivity contribution in [2.45, 2.75) is 38.3 Å². The van der Waals surface area contributed by atoms with E-state index in [1.54, 1.807) is 0 Å². The van der Waals surface area contributed by atoms with E-state index in [0.29, 0.717) is 5.69 Å². The van der Waals surface area contributed by atoms with E-state index >= 15 is 0 Å². The maximum atomic E-state index is 13.3. The topological polar surface area (TPSA) is 58.6 Å². The highest BCUT2D eigenvalue weighted by atomic mass is 79.9. The fraction of sp³-hybridized carbons (Fsp3) is 0.269. The van der Waals surface area contributed by atoms with Gasteiger partial charge in [0, 0.05) is 23.2 Å². The molecule has 0 heterocycles. The maximum Gasteiger partial charge on any atom is 0.262 e. The molecule has 0 spiro atoms. The SMILES string of the molecule is CC(C)(C)[Si](O[C@@H](CCO)C(=O)Nc1ccc(Br)cc1)(c1ccccc1)c1ccccc1. The quantitative estimate of drug-likeness (QED) is 0.430. The van der Waals surface area contributed by atoms with Crippen molar-refractivity contribution in [3.05, 3.63) is 89.4 Å². The van der Waals surface area contributed by atoms with Gasteiger partial charge in [0.1, 0.15) is 6.10 Å². The number of aliphatic hydroxyl groups is 1. The zero-order chi connectivity index (χ0) is 23.2. The Balaban J connectivity index is 2.06. The highest BCUT2D eigenvalue weighted by molar-refractivity contribution is 9.10. The summed E-state index contributed by atoms with van der Waals surface area (Å²) in [6, 6.07) is 27.8. The summed E-state index contributed by atoms with van der Waals surface area (Å²) < 4.78 is 7.87. The van der Waals surface area contributed by atoms with Crippen LogP contribution in [0.4, 0.5) is 5.69 Å². The number of anilines is 1. The lowest BCUT2D eigenvalue weighted by Crippen LogP contribution is -2.68. The van der Waals surface area contributed by atoms with Crippen molar-refractivity contribution in [2.24, 2.45) is 0 Å². The largest absolute Gasteiger partial charge is 0.396 e. The second-order valence-corrected chi connectivity index (χ2v) is 13.9. The van der Waals surface area contributed by atoms with Gasteiger partial charge in [0.15, 0.2) is 0 Å². The van der Waals surface area contributed by atoms with Crippen LogP contribution in [-0.4, -0.2) is 32.0 Å². The molecule has 1 amide bonds. The molecule has 0 aromatic heterocycles. The summed E-state index contributed by atoms with van der Waals surface area (Å²) in [6.45, 7) is 6.36. The van der Waals surface area contributed by atoms with E-state index in [4.69, 9.17) is 4.43 Å². The molecule has 0 fully saturated rings. The molecular weight excluding hydrogens is 482 g/mol. The number of halogens is 1. The summed E-state index contributed by atoms with van der Waals surface area (Å²) >= 11 is 3.41. The monoisotopic (exact) mass is 511 g/mol. The van der Waals surface area contributed by atoms with E-state index in [2.05, 4.69) is 66.3 Å². The number of carbonyl (C=O) groups excluding carboxylic acids is 1. The summed E-state index contributed by atoms with van der Waals surface area (Å²) in [7, 11) is -2.92. The molecule has 0 bridgehead atoms. The van der Waals surface area contributed by atoms with Gasteiger partial charge in [-0.2, -0.15) is 0 Å². The first-order chi connectivity index (χ1) is 15.3. The first-order valence-corrected chi connectivity index (χ1v) is 13.4. The summed E-state index contributed by atoms with van der Waals surface area (Å²) in [6.07, 6.45) is -0.581. The molecular formula is C26H30BrNO3Si. The van der Waals surface area contributed by atoms with Crippen molar-refractivity contribution in [1.29, 1.82) is 0 Å². The summed E-state index contributed by atoms with van der Waals surface area (Å²) in [4.78, 5) is 13.3. The van der Waals surface area contributed by atoms with Gasteiger partial charge >= 0.3 is 0 Å². The number of aliphatic hydroxyl groups excluding tert-OH is 1. The molecule has 3 rings (SSSR count). The van der Waals surface area contributed by atoms with Gasteiger partial charge in [-0.1, -0.05) is 97.4 Å². The first-order valence-electron chi connectivity index (χ1n) is 10.7. The van der Waals surface area contributed by atoms with Gasteiger partial charge in [-0.3, -0.25) is 4.79 Å². The Kier molecular flexibility index (Phi) is 8.06. The van der Waals surface area contributed by atoms with Gasteiger partial charge in [-0.05, 0) is 39.7 Å². The maximum absolute atomic E-state index is 13.3. The fourth-order valence-electron chi connectivity index (χ4n) is 4.02. The van der Waals surface area contributed by atoms with Crippen LogP contribution in [0.1, 0.15) is 27.2 Å². The Labute approximate surface area is 199 Å². The van der Waals surface area contributed by atoms with Crippen molar-refractivity contribution < 1.29 is 14.3 Å². The number of amides is 1. The third-order valence-electron chi connectivity index (χ3n) is 5.53. The smallest absolute Gasteiger partial charge is 0.262 e. The molecule has 0 saturated carbocycles. The van der Waals surface area contributed by atoms with E-state index in [-0.39, 0.29) is 24.0 Å². The Morgan fingerprint density at radius 3 is 1.88 bits per heavy atom. The highest BCUT2D eigenvalue weighted by Gasteiger charge is 2.52. The van der Waals surface area contributed by atoms with Gasteiger partial charge in [0.2, 0.25) is 0 Å². The van der Waals surface area contributed by atoms with Crippen molar-refractivity contribution in [2.75, 3.05) is 11.9 Å². The predicted molar refractivity (Wildman–Crippen MR) is 137 cm³/mol. The number of benzene rings is 3. The zero-order valence-electron chi connectivity index (χ0n) is 18.7. The Hall–Kier alpha value is -2.25. The number of hydrogen-bond donors (Lipinski definition) is 2. The number of rotatable bonds is 8. The van der Waals surface area contributed by atoms with Crippen molar-refractivity contribution in [3.63, 3.8) is 0 Å². The predicted octanol–water partition coefficient (Wildman–Crippen LogP) is 4.72. The average molecular weight is 513 g/mol. The Morgan fingerprint density at radius 1 is 0.938 bits per heavy atom. The minimum atomic E-state index is -2.92. The molecule has 168 valence electrons. The molecule has 0 unspecified atom stereocenters. The van der Waals surface area contributed by atoms with Crippen LogP contribution in [0, 0.1) is 0 Å². The van der Waals surface area contributed by atoms with Crippen LogP contribution >= 0.6 is 15.9 Å². The summed E-state index contributed by atoms with van der Waals surface area (Å²) in [5, 5.41) is 14.7. The van der Waals surface area contributed by atoms with Gasteiger partial charge in [-0.25, -0.2) is 0 Å². The summed E-state index contributed by atoms with van der Waals surface area (Å²) in [5.74, 6) is -0.255. The lowest BCUT2D eigenvalue weighted by Gasteiger charge is -2.44. The van der Waals surface area contributed by atoms with Crippen LogP contribution in [-0.2, 0) is 9.22 Å². The average Bonchev–Trinajstić information content (AvgIpc) is 2.78. The Bertz CT molecular complexity index is 965. The van der Waals surface area contributed by atoms with Gasteiger partial charge in [0.05, 0.1) is 0 Å². The molecule has 0 saturated heterocycles. The number of hydrogen-bond acceptors (Lipinski definition) is 3. The molecule has 3 aromatic rings. The molecule has 2 N–H and O–H groups in total. The number of carbonyl (C=O) groups is 1. The third-order valence-corrected chi connectivity index (χ3v) is 11.1. The van der Waals surface area contributed by atoms with E-state index < -0.39 is 14.4 Å². The van der Waals surface area contributed by atoms with E-state index in [9.17, 15) is 9.90 Å². The minimum absolute atomic E-state index is 0.142. The molecule has 0 aliphatic rings. The molecule has 3 aromatic carbocycles. The molecule has 4 nitrogen and oxygen atoms in total. The lowest BCUT2D eigenvalue weighted by molar-refractivity contribution is -0.123. The molecule has 6 heteroatoms. The van der Waals surface area contributed by atoms with Crippen molar-refractivity contribution in [3.8, 4) is 0 Å². The molecule has 0 aliphatic heterocycles. The van der Waals surface area contributed by atoms with Crippen LogP contribution in [0.3, 0.4) is 0 Å². The second-order valence-electron chi connectivity index (χ2n) is 8.78. The molecule has 0 radical (unpaired) electrons. The lowest BCUT2D eigenvalue weighted by atomic mass is 10.2. The van der Waals surface area contributed by atoms with Crippen molar-refractivity contribution >= 4 is 46.2 Å². The van der Waals surface area contributed by atoms with E-state index in [0.717, 1.165) is 14.8 Å². The number of nitrogens with one attached hydrogen (secondary N) is 1. The second kappa shape index (κ2) is 10.6. The van der Waals surface area contributed by atoms with Crippen molar-refractivity contribution in [1.82, 2.24) is 0 Å². The van der Waals surface area contributed by atoms with Crippen LogP contribution < -0.4 is 15.7 Å². The normalized spacial score (nSPS) is 12.9. The minimum Gasteiger partial charge on any atom is -0.396 e. The molecule has 1 atom stereocenters. The zero-order valence-corrected chi connectivity index (χ0v) is 21.3. The van der Waals surface area contributed by atoms with Crippen LogP contribution in [0.2, 0.25) is 5.04 Å². The fourth-order valence-corrected chi connectivity index (χ4v) is 8.95. The van der Waals surface area contributed by atoms with E-state index in [1.807, 2.05) is 60.7 Å². The molecule has 32 heavy (non-hydrogen) atoms. The third kappa shape index (κ3) is 5.38. The van der Waals surface area contributed by atoms with Crippen LogP contribution in [0.25, 0.3) is 0 Å². The first kappa shape index (κ1) is 24.4. The van der Waals surface area contributed by atoms with Gasteiger partial charge < -0.3 is 14.8 Å². The standard InChI is InChI=1S/C26H30BrNO3Si/c1-26(2,3)32(22-10-6-4-7-11-22,23-12-8-5-9-13-23)31-24(18-19-29)25(30)28-21-16-14-20(27)15-17-21/h4-17,24,29H,18-19H2,1-3H3,(H,28,30)/t24-/m0/s1.